The first-order valence-corrected chi connectivity index (χ1v) is 6.11. The van der Waals surface area contributed by atoms with Crippen LogP contribution in [-0.2, 0) is 0 Å². The van der Waals surface area contributed by atoms with Crippen LogP contribution in [0.25, 0.3) is 21.5 Å². The Hall–Kier alpha value is -2.88. The van der Waals surface area contributed by atoms with Crippen LogP contribution in [0.4, 0.5) is 11.4 Å². The Morgan fingerprint density at radius 2 is 1.30 bits per heavy atom. The number of nitrogen functional groups attached to an aromatic ring is 2. The molecule has 0 unspecified atom stereocenters. The van der Waals surface area contributed by atoms with Crippen LogP contribution in [0.3, 0.4) is 0 Å². The first-order chi connectivity index (χ1) is 9.67. The molecular formula is C16H12N2O2. The van der Waals surface area contributed by atoms with Crippen LogP contribution in [0.15, 0.2) is 36.4 Å². The summed E-state index contributed by atoms with van der Waals surface area (Å²) in [7, 11) is 0. The molecule has 4 heteroatoms. The largest absolute Gasteiger partial charge is 0.397 e. The first kappa shape index (κ1) is 12.2. The van der Waals surface area contributed by atoms with Crippen LogP contribution in [-0.4, -0.2) is 12.6 Å². The second-order valence-corrected chi connectivity index (χ2v) is 4.64. The average Bonchev–Trinajstić information content (AvgIpc) is 2.49. The van der Waals surface area contributed by atoms with Gasteiger partial charge in [0.15, 0.2) is 12.6 Å². The summed E-state index contributed by atoms with van der Waals surface area (Å²) < 4.78 is 0. The van der Waals surface area contributed by atoms with Gasteiger partial charge in [-0.05, 0) is 28.3 Å². The lowest BCUT2D eigenvalue weighted by Gasteiger charge is -2.12. The van der Waals surface area contributed by atoms with Crippen molar-refractivity contribution >= 4 is 45.5 Å². The minimum Gasteiger partial charge on any atom is -0.397 e. The number of benzene rings is 3. The van der Waals surface area contributed by atoms with Gasteiger partial charge in [-0.1, -0.05) is 24.3 Å². The Kier molecular flexibility index (Phi) is 2.64. The molecule has 0 spiro atoms. The standard InChI is InChI=1S/C16H12N2O2/c17-15-12-6-10-4-2-1-3-9(10)5-11(12)13(7-19)14(8-20)16(15)18/h1-8H,17-18H2. The third-order valence-corrected chi connectivity index (χ3v) is 3.57. The number of hydrogen-bond donors (Lipinski definition) is 2. The molecule has 0 bridgehead atoms. The zero-order valence-corrected chi connectivity index (χ0v) is 10.6. The highest BCUT2D eigenvalue weighted by atomic mass is 16.1. The molecule has 0 aliphatic rings. The quantitative estimate of drug-likeness (QED) is 0.423. The lowest BCUT2D eigenvalue weighted by atomic mass is 9.94. The van der Waals surface area contributed by atoms with E-state index in [9.17, 15) is 9.59 Å². The lowest BCUT2D eigenvalue weighted by molar-refractivity contribution is 0.109. The molecule has 20 heavy (non-hydrogen) atoms. The van der Waals surface area contributed by atoms with E-state index in [0.717, 1.165) is 10.8 Å². The van der Waals surface area contributed by atoms with Crippen molar-refractivity contribution in [3.8, 4) is 0 Å². The summed E-state index contributed by atoms with van der Waals surface area (Å²) in [5.41, 5.74) is 12.8. The summed E-state index contributed by atoms with van der Waals surface area (Å²) in [4.78, 5) is 22.5. The van der Waals surface area contributed by atoms with Crippen LogP contribution in [0, 0.1) is 0 Å². The predicted octanol–water partition coefficient (Wildman–Crippen LogP) is 2.78. The predicted molar refractivity (Wildman–Crippen MR) is 81.1 cm³/mol. The fourth-order valence-corrected chi connectivity index (χ4v) is 2.52. The molecule has 0 fully saturated rings. The minimum absolute atomic E-state index is 0.153. The molecule has 0 heterocycles. The highest BCUT2D eigenvalue weighted by Crippen LogP contribution is 2.35. The van der Waals surface area contributed by atoms with E-state index in [0.29, 0.717) is 29.0 Å². The third-order valence-electron chi connectivity index (χ3n) is 3.57. The van der Waals surface area contributed by atoms with Gasteiger partial charge in [-0.3, -0.25) is 9.59 Å². The van der Waals surface area contributed by atoms with Crippen LogP contribution in [0.2, 0.25) is 0 Å². The fourth-order valence-electron chi connectivity index (χ4n) is 2.52. The fraction of sp³-hybridized carbons (Fsp3) is 0. The highest BCUT2D eigenvalue weighted by molar-refractivity contribution is 6.17. The first-order valence-electron chi connectivity index (χ1n) is 6.11. The molecule has 3 aromatic rings. The molecule has 4 nitrogen and oxygen atoms in total. The maximum Gasteiger partial charge on any atom is 0.152 e. The van der Waals surface area contributed by atoms with Crippen molar-refractivity contribution in [3.05, 3.63) is 47.5 Å². The van der Waals surface area contributed by atoms with Gasteiger partial charge in [-0.15, -0.1) is 0 Å². The summed E-state index contributed by atoms with van der Waals surface area (Å²) in [5, 5.41) is 3.31. The molecule has 0 amide bonds. The molecule has 0 aromatic heterocycles. The zero-order chi connectivity index (χ0) is 14.3. The van der Waals surface area contributed by atoms with Gasteiger partial charge in [-0.2, -0.15) is 0 Å². The second-order valence-electron chi connectivity index (χ2n) is 4.64. The van der Waals surface area contributed by atoms with E-state index in [4.69, 9.17) is 11.5 Å². The van der Waals surface area contributed by atoms with Crippen LogP contribution in [0.1, 0.15) is 20.7 Å². The van der Waals surface area contributed by atoms with E-state index in [1.807, 2.05) is 36.4 Å². The summed E-state index contributed by atoms with van der Waals surface area (Å²) in [6, 6.07) is 11.5. The lowest BCUT2D eigenvalue weighted by Crippen LogP contribution is -2.05. The maximum atomic E-state index is 11.3. The Balaban J connectivity index is 2.60. The maximum absolute atomic E-state index is 11.3. The second kappa shape index (κ2) is 4.35. The smallest absolute Gasteiger partial charge is 0.152 e. The number of aldehydes is 2. The Labute approximate surface area is 115 Å². The average molecular weight is 264 g/mol. The van der Waals surface area contributed by atoms with Gasteiger partial charge in [0.25, 0.3) is 0 Å². The third kappa shape index (κ3) is 1.55. The van der Waals surface area contributed by atoms with Gasteiger partial charge < -0.3 is 11.5 Å². The number of carbonyl (C=O) groups excluding carboxylic acids is 2. The van der Waals surface area contributed by atoms with Crippen molar-refractivity contribution in [1.29, 1.82) is 0 Å². The summed E-state index contributed by atoms with van der Waals surface area (Å²) in [5.74, 6) is 0. The van der Waals surface area contributed by atoms with Gasteiger partial charge >= 0.3 is 0 Å². The molecule has 0 atom stereocenters. The Bertz CT molecular complexity index is 869. The van der Waals surface area contributed by atoms with Crippen molar-refractivity contribution in [2.75, 3.05) is 11.5 Å². The normalized spacial score (nSPS) is 10.8. The van der Waals surface area contributed by atoms with Crippen molar-refractivity contribution in [2.24, 2.45) is 0 Å². The molecule has 0 saturated carbocycles. The molecule has 3 aromatic carbocycles. The van der Waals surface area contributed by atoms with Crippen molar-refractivity contribution in [3.63, 3.8) is 0 Å². The van der Waals surface area contributed by atoms with Crippen LogP contribution < -0.4 is 11.5 Å². The Morgan fingerprint density at radius 3 is 1.85 bits per heavy atom. The summed E-state index contributed by atoms with van der Waals surface area (Å²) >= 11 is 0. The molecule has 3 rings (SSSR count). The molecule has 0 radical (unpaired) electrons. The monoisotopic (exact) mass is 264 g/mol. The number of anilines is 2. The van der Waals surface area contributed by atoms with Crippen molar-refractivity contribution < 1.29 is 9.59 Å². The Morgan fingerprint density at radius 1 is 0.750 bits per heavy atom. The van der Waals surface area contributed by atoms with Crippen molar-refractivity contribution in [2.45, 2.75) is 0 Å². The van der Waals surface area contributed by atoms with E-state index in [2.05, 4.69) is 0 Å². The van der Waals surface area contributed by atoms with Crippen molar-refractivity contribution in [1.82, 2.24) is 0 Å². The van der Waals surface area contributed by atoms with E-state index in [1.54, 1.807) is 0 Å². The number of carbonyl (C=O) groups is 2. The van der Waals surface area contributed by atoms with E-state index >= 15 is 0 Å². The van der Waals surface area contributed by atoms with Gasteiger partial charge in [0.2, 0.25) is 0 Å². The molecule has 0 aliphatic carbocycles. The molecule has 0 saturated heterocycles. The van der Waals surface area contributed by atoms with Crippen LogP contribution >= 0.6 is 0 Å². The SMILES string of the molecule is Nc1c(C=O)c(C=O)c2cc3ccccc3cc2c1N. The summed E-state index contributed by atoms with van der Waals surface area (Å²) in [6.07, 6.45) is 1.22. The molecule has 0 aliphatic heterocycles. The number of rotatable bonds is 2. The van der Waals surface area contributed by atoms with E-state index in [1.165, 1.54) is 0 Å². The van der Waals surface area contributed by atoms with Gasteiger partial charge in [-0.25, -0.2) is 0 Å². The van der Waals surface area contributed by atoms with Gasteiger partial charge in [0.1, 0.15) is 0 Å². The topological polar surface area (TPSA) is 86.2 Å². The van der Waals surface area contributed by atoms with E-state index in [-0.39, 0.29) is 16.8 Å². The molecular weight excluding hydrogens is 252 g/mol. The molecule has 4 N–H and O–H groups in total. The highest BCUT2D eigenvalue weighted by Gasteiger charge is 2.15. The van der Waals surface area contributed by atoms with Gasteiger partial charge in [0, 0.05) is 10.9 Å². The number of fused-ring (bicyclic) bond motifs is 2. The zero-order valence-electron chi connectivity index (χ0n) is 10.6. The van der Waals surface area contributed by atoms with Crippen LogP contribution in [0.5, 0.6) is 0 Å². The van der Waals surface area contributed by atoms with E-state index < -0.39 is 0 Å². The van der Waals surface area contributed by atoms with Gasteiger partial charge in [0.05, 0.1) is 16.9 Å². The number of hydrogen-bond acceptors (Lipinski definition) is 4. The minimum atomic E-state index is 0.153. The number of nitrogens with two attached hydrogens (primary N) is 2. The molecule has 98 valence electrons. The summed E-state index contributed by atoms with van der Waals surface area (Å²) in [6.45, 7) is 0.